The summed E-state index contributed by atoms with van der Waals surface area (Å²) in [6.07, 6.45) is 3.47. The van der Waals surface area contributed by atoms with Crippen molar-refractivity contribution >= 4 is 96.1 Å². The first-order valence-corrected chi connectivity index (χ1v) is 46.6. The fraction of sp³-hybridized carbons (Fsp3) is 1.00. The van der Waals surface area contributed by atoms with Crippen molar-refractivity contribution in [3.8, 4) is 0 Å². The monoisotopic (exact) mass is 1380 g/mol. The molecule has 0 spiro atoms. The van der Waals surface area contributed by atoms with Crippen LogP contribution in [0.25, 0.3) is 0 Å². The van der Waals surface area contributed by atoms with Crippen LogP contribution >= 0.6 is 0 Å². The number of rotatable bonds is 16. The Morgan fingerprint density at radius 1 is 0.378 bits per heavy atom. The lowest BCUT2D eigenvalue weighted by Gasteiger charge is -2.43. The minimum atomic E-state index is -3.66. The molecule has 0 saturated carbocycles. The van der Waals surface area contributed by atoms with Crippen LogP contribution in [0.15, 0.2) is 0 Å². The summed E-state index contributed by atoms with van der Waals surface area (Å²) in [4.78, 5) is 0. The third-order valence-corrected chi connectivity index (χ3v) is 37.1. The first-order chi connectivity index (χ1) is 35.4. The Morgan fingerprint density at radius 2 is 0.537 bits per heavy atom. The van der Waals surface area contributed by atoms with Gasteiger partial charge in [-0.2, -0.15) is 17.2 Å². The maximum Gasteiger partial charge on any atom is 0.211 e. The van der Waals surface area contributed by atoms with Crippen LogP contribution in [0.5, 0.6) is 0 Å². The summed E-state index contributed by atoms with van der Waals surface area (Å²) in [5.41, 5.74) is -7.47. The second kappa shape index (κ2) is 25.4. The quantitative estimate of drug-likeness (QED) is 0.0851. The van der Waals surface area contributed by atoms with Crippen molar-refractivity contribution in [2.24, 2.45) is 0 Å². The van der Waals surface area contributed by atoms with Gasteiger partial charge >= 0.3 is 0 Å². The van der Waals surface area contributed by atoms with Crippen LogP contribution in [-0.2, 0) is 88.3 Å². The zero-order valence-corrected chi connectivity index (χ0v) is 59.9. The van der Waals surface area contributed by atoms with Gasteiger partial charge in [-0.1, -0.05) is 41.5 Å². The van der Waals surface area contributed by atoms with E-state index in [1.54, 1.807) is 13.8 Å². The van der Waals surface area contributed by atoms with Gasteiger partial charge in [-0.15, -0.1) is 0 Å². The number of aliphatic hydroxyl groups excluding tert-OH is 2. The van der Waals surface area contributed by atoms with Crippen molar-refractivity contribution < 1.29 is 107 Å². The number of β-amino-alcohol motifs (C(OH)–C–C–N with tert-alkyl or cyclic N) is 4. The number of hydrogen-bond acceptors (Lipinski definition) is 24. The Morgan fingerprint density at radius 3 is 0.659 bits per heavy atom. The average molecular weight is 1380 g/mol. The van der Waals surface area contributed by atoms with Gasteiger partial charge in [-0.05, 0) is 64.0 Å². The van der Waals surface area contributed by atoms with Crippen LogP contribution in [-0.4, -0.2) is 302 Å². The summed E-state index contributed by atoms with van der Waals surface area (Å²) >= 11 is 0. The Kier molecular flexibility index (Phi) is 24.7. The van der Waals surface area contributed by atoms with Crippen molar-refractivity contribution in [3.05, 3.63) is 0 Å². The van der Waals surface area contributed by atoms with E-state index in [1.165, 1.54) is 13.8 Å². The molecule has 4 aliphatic rings. The normalized spacial score (nSPS) is 31.0. The predicted octanol–water partition coefficient (Wildman–Crippen LogP) is -2.79. The standard InChI is InChI=1S/2C14H31NO6S2Si.2C8H17NO6S2/c2*1-11(21-24(7,8)13(2,3)4)14(16)10-15(23(6,19)20)9-12(14)22(5,17)18;2*1-6(10)8(11)5-9(17(3,14)15)4-7(8)16(2,12)13/h2*11-12,16H,9-10H2,1-8H3;2*6-7,10-11H,4-5H2,1-3H3/t11-,12+,14-;11-,12-,14+;6-,7+,8-;6-,7-,8+/m1010/s1. The molecule has 38 heteroatoms. The third-order valence-electron chi connectivity index (χ3n) is 16.8. The van der Waals surface area contributed by atoms with Crippen molar-refractivity contribution in [3.63, 3.8) is 0 Å². The van der Waals surface area contributed by atoms with Crippen LogP contribution in [0.1, 0.15) is 69.2 Å². The maximum absolute atomic E-state index is 12.2. The van der Waals surface area contributed by atoms with Crippen molar-refractivity contribution in [2.45, 2.75) is 173 Å². The van der Waals surface area contributed by atoms with Crippen molar-refractivity contribution in [2.75, 3.05) is 102 Å². The maximum atomic E-state index is 12.2. The predicted molar refractivity (Wildman–Crippen MR) is 319 cm³/mol. The molecule has 12 atom stereocenters. The molecule has 0 radical (unpaired) electrons. The summed E-state index contributed by atoms with van der Waals surface area (Å²) in [5, 5.41) is 56.3. The molecule has 492 valence electrons. The van der Waals surface area contributed by atoms with E-state index in [0.717, 1.165) is 67.3 Å². The van der Waals surface area contributed by atoms with Gasteiger partial charge in [0.15, 0.2) is 56.0 Å². The highest BCUT2D eigenvalue weighted by Gasteiger charge is 2.60. The van der Waals surface area contributed by atoms with Crippen LogP contribution in [0.2, 0.25) is 36.3 Å². The van der Waals surface area contributed by atoms with E-state index < -0.39 is 177 Å². The molecule has 0 aromatic carbocycles. The summed E-state index contributed by atoms with van der Waals surface area (Å²) in [5.74, 6) is 0. The molecule has 4 aliphatic heterocycles. The van der Waals surface area contributed by atoms with Gasteiger partial charge < -0.3 is 39.5 Å². The molecule has 4 rings (SSSR count). The van der Waals surface area contributed by atoms with Crippen molar-refractivity contribution in [1.82, 2.24) is 17.2 Å². The number of aliphatic hydroxyl groups is 6. The molecule has 0 amide bonds. The minimum Gasteiger partial charge on any atom is -0.411 e. The summed E-state index contributed by atoms with van der Waals surface area (Å²) < 4.78 is 204. The lowest BCUT2D eigenvalue weighted by molar-refractivity contribution is -0.0512. The molecule has 4 fully saturated rings. The van der Waals surface area contributed by atoms with Gasteiger partial charge in [-0.3, -0.25) is 0 Å². The molecule has 4 saturated heterocycles. The van der Waals surface area contributed by atoms with Gasteiger partial charge in [0, 0.05) is 77.4 Å². The molecule has 4 heterocycles. The number of nitrogens with zero attached hydrogens (tertiary/aromatic N) is 4. The summed E-state index contributed by atoms with van der Waals surface area (Å²) in [7, 11) is -33.6. The molecule has 0 aliphatic carbocycles. The zero-order chi connectivity index (χ0) is 66.0. The third kappa shape index (κ3) is 19.3. The smallest absolute Gasteiger partial charge is 0.211 e. The van der Waals surface area contributed by atoms with E-state index >= 15 is 0 Å². The van der Waals surface area contributed by atoms with E-state index in [-0.39, 0.29) is 49.3 Å². The van der Waals surface area contributed by atoms with E-state index in [4.69, 9.17) is 8.85 Å². The average Bonchev–Trinajstić information content (AvgIpc) is 3.98. The van der Waals surface area contributed by atoms with Gasteiger partial charge in [0.25, 0.3) is 0 Å². The molecule has 0 bridgehead atoms. The second-order valence-corrected chi connectivity index (χ2v) is 52.2. The lowest BCUT2D eigenvalue weighted by atomic mass is 9.97. The molecule has 6 N–H and O–H groups in total. The van der Waals surface area contributed by atoms with E-state index in [9.17, 15) is 98.0 Å². The van der Waals surface area contributed by atoms with E-state index in [1.807, 2.05) is 67.7 Å². The first-order valence-electron chi connectivity index (χ1n) is 25.6. The van der Waals surface area contributed by atoms with Crippen molar-refractivity contribution in [1.29, 1.82) is 0 Å². The van der Waals surface area contributed by atoms with Gasteiger partial charge in [0.2, 0.25) is 40.1 Å². The molecule has 0 unspecified atom stereocenters. The topological polar surface area (TPSA) is 426 Å². The van der Waals surface area contributed by atoms with E-state index in [2.05, 4.69) is 0 Å². The molecule has 0 aromatic rings. The zero-order valence-electron chi connectivity index (χ0n) is 51.4. The lowest BCUT2D eigenvalue weighted by Crippen LogP contribution is -2.58. The Hall–Kier alpha value is -0.446. The fourth-order valence-corrected chi connectivity index (χ4v) is 21.8. The van der Waals surface area contributed by atoms with Crippen LogP contribution < -0.4 is 0 Å². The number of sulfonamides is 4. The van der Waals surface area contributed by atoms with Gasteiger partial charge in [0.05, 0.1) is 49.4 Å². The minimum absolute atomic E-state index is 0.118. The summed E-state index contributed by atoms with van der Waals surface area (Å²) in [6.45, 7) is 23.5. The fourth-order valence-electron chi connectivity index (χ4n) is 9.23. The first kappa shape index (κ1) is 79.6. The Labute approximate surface area is 492 Å². The van der Waals surface area contributed by atoms with E-state index in [0.29, 0.717) is 0 Å². The highest BCUT2D eigenvalue weighted by molar-refractivity contribution is 7.93. The summed E-state index contributed by atoms with van der Waals surface area (Å²) in [6, 6.07) is 0. The molecule has 28 nitrogen and oxygen atoms in total. The molecule has 0 aromatic heterocycles. The van der Waals surface area contributed by atoms with Gasteiger partial charge in [0.1, 0.15) is 43.4 Å². The SMILES string of the molecule is C[C@@H](O)[C@]1(O)CN(S(C)(=O)=O)C[C@@H]1S(C)(=O)=O.C[C@@H](O[Si](C)(C)C(C)(C)C)[C@]1(O)CN(S(C)(=O)=O)C[C@@H]1S(C)(=O)=O.C[C@H](O)[C@]1(O)CN(S(C)(=O)=O)C[C@@H]1S(C)(=O)=O.C[C@H](O[Si](C)(C)C(C)(C)C)[C@]1(O)CN(S(C)(=O)=O)C[C@@H]1S(C)(=O)=O. The number of sulfone groups is 4. The highest BCUT2D eigenvalue weighted by Crippen LogP contribution is 2.43. The second-order valence-electron chi connectivity index (χ2n) is 25.9. The van der Waals surface area contributed by atoms with Crippen LogP contribution in [0, 0.1) is 0 Å². The van der Waals surface area contributed by atoms with Crippen LogP contribution in [0.3, 0.4) is 0 Å². The Balaban J connectivity index is 0.000000554. The van der Waals surface area contributed by atoms with Crippen LogP contribution in [0.4, 0.5) is 0 Å². The Bertz CT molecular complexity index is 3000. The molecule has 82 heavy (non-hydrogen) atoms. The van der Waals surface area contributed by atoms with Gasteiger partial charge in [-0.25, -0.2) is 67.3 Å². The largest absolute Gasteiger partial charge is 0.411 e. The number of hydrogen-bond donors (Lipinski definition) is 6. The molecular weight excluding hydrogens is 1280 g/mol. The molecular formula is C44H96N4O24S8Si2. The highest BCUT2D eigenvalue weighted by atomic mass is 32.2.